The third-order valence-corrected chi connectivity index (χ3v) is 1.64. The van der Waals surface area contributed by atoms with Crippen molar-refractivity contribution in [3.05, 3.63) is 17.4 Å². The van der Waals surface area contributed by atoms with Crippen LogP contribution in [0.15, 0.2) is 6.33 Å². The predicted octanol–water partition coefficient (Wildman–Crippen LogP) is 0.543. The Hall–Kier alpha value is -1.39. The molecule has 0 bridgehead atoms. The van der Waals surface area contributed by atoms with Gasteiger partial charge < -0.3 is 9.77 Å². The van der Waals surface area contributed by atoms with Gasteiger partial charge >= 0.3 is 0 Å². The average molecular weight is 182 g/mol. The van der Waals surface area contributed by atoms with Crippen LogP contribution in [0, 0.1) is 5.21 Å². The first-order chi connectivity index (χ1) is 5.91. The molecule has 1 aromatic heterocycles. The second-order valence-corrected chi connectivity index (χ2v) is 3.93. The minimum atomic E-state index is -0.439. The van der Waals surface area contributed by atoms with Crippen LogP contribution in [0.3, 0.4) is 0 Å². The normalized spacial score (nSPS) is 13.4. The molecular formula is C8H14N4O. The molecule has 1 aromatic rings. The lowest BCUT2D eigenvalue weighted by atomic mass is 10.1. The van der Waals surface area contributed by atoms with E-state index < -0.39 is 5.54 Å². The standard InChI is InChI=1S/C8H14N4O/c1-8(2,3)12(13)5-7-10-9-6-11(7)4/h5-6H,1-4H3/b12-5-. The number of hydrogen-bond donors (Lipinski definition) is 0. The van der Waals surface area contributed by atoms with E-state index in [1.165, 1.54) is 6.21 Å². The second kappa shape index (κ2) is 3.16. The smallest absolute Gasteiger partial charge is 0.221 e. The van der Waals surface area contributed by atoms with E-state index in [2.05, 4.69) is 10.2 Å². The molecule has 0 aromatic carbocycles. The van der Waals surface area contributed by atoms with Crippen molar-refractivity contribution in [3.8, 4) is 0 Å². The molecular weight excluding hydrogens is 168 g/mol. The molecule has 5 heteroatoms. The van der Waals surface area contributed by atoms with Crippen molar-refractivity contribution in [1.29, 1.82) is 0 Å². The minimum absolute atomic E-state index is 0.439. The Balaban J connectivity index is 2.96. The first kappa shape index (κ1) is 9.70. The molecule has 0 N–H and O–H groups in total. The summed E-state index contributed by atoms with van der Waals surface area (Å²) in [5, 5.41) is 18.9. The lowest BCUT2D eigenvalue weighted by Crippen LogP contribution is -2.29. The third kappa shape index (κ3) is 2.27. The highest BCUT2D eigenvalue weighted by molar-refractivity contribution is 5.69. The van der Waals surface area contributed by atoms with Gasteiger partial charge in [-0.25, -0.2) is 4.74 Å². The molecule has 5 nitrogen and oxygen atoms in total. The zero-order chi connectivity index (χ0) is 10.1. The van der Waals surface area contributed by atoms with Crippen LogP contribution in [0.1, 0.15) is 26.6 Å². The third-order valence-electron chi connectivity index (χ3n) is 1.64. The molecule has 1 rings (SSSR count). The van der Waals surface area contributed by atoms with Crippen LogP contribution in [0.2, 0.25) is 0 Å². The maximum atomic E-state index is 11.5. The summed E-state index contributed by atoms with van der Waals surface area (Å²) in [6, 6.07) is 0. The van der Waals surface area contributed by atoms with Crippen LogP contribution >= 0.6 is 0 Å². The molecule has 0 aliphatic carbocycles. The summed E-state index contributed by atoms with van der Waals surface area (Å²) in [5.41, 5.74) is -0.439. The summed E-state index contributed by atoms with van der Waals surface area (Å²) in [4.78, 5) is 0. The van der Waals surface area contributed by atoms with Crippen LogP contribution < -0.4 is 0 Å². The van der Waals surface area contributed by atoms with Gasteiger partial charge in [0.1, 0.15) is 6.33 Å². The van der Waals surface area contributed by atoms with E-state index in [-0.39, 0.29) is 0 Å². The largest absolute Gasteiger partial charge is 0.623 e. The highest BCUT2D eigenvalue weighted by atomic mass is 16.5. The number of aryl methyl sites for hydroxylation is 1. The molecule has 0 spiro atoms. The minimum Gasteiger partial charge on any atom is -0.623 e. The maximum absolute atomic E-state index is 11.5. The Morgan fingerprint density at radius 2 is 2.15 bits per heavy atom. The van der Waals surface area contributed by atoms with Crippen LogP contribution in [-0.2, 0) is 7.05 Å². The lowest BCUT2D eigenvalue weighted by molar-refractivity contribution is -0.530. The van der Waals surface area contributed by atoms with Gasteiger partial charge in [0.05, 0.1) is 0 Å². The van der Waals surface area contributed by atoms with Crippen LogP contribution in [0.4, 0.5) is 0 Å². The van der Waals surface area contributed by atoms with Gasteiger partial charge in [0.25, 0.3) is 0 Å². The van der Waals surface area contributed by atoms with Gasteiger partial charge in [0, 0.05) is 27.8 Å². The van der Waals surface area contributed by atoms with E-state index >= 15 is 0 Å². The number of hydroxylamine groups is 1. The van der Waals surface area contributed by atoms with Crippen molar-refractivity contribution in [3.63, 3.8) is 0 Å². The molecule has 1 heterocycles. The van der Waals surface area contributed by atoms with Gasteiger partial charge in [0.15, 0.2) is 5.54 Å². The lowest BCUT2D eigenvalue weighted by Gasteiger charge is -2.18. The van der Waals surface area contributed by atoms with Crippen molar-refractivity contribution in [2.45, 2.75) is 26.3 Å². The summed E-state index contributed by atoms with van der Waals surface area (Å²) < 4.78 is 2.56. The van der Waals surface area contributed by atoms with Gasteiger partial charge in [-0.3, -0.25) is 0 Å². The van der Waals surface area contributed by atoms with E-state index in [1.54, 1.807) is 17.9 Å². The Morgan fingerprint density at radius 1 is 1.54 bits per heavy atom. The zero-order valence-electron chi connectivity index (χ0n) is 8.35. The van der Waals surface area contributed by atoms with Crippen molar-refractivity contribution in [2.24, 2.45) is 7.05 Å². The molecule has 0 unspecified atom stereocenters. The van der Waals surface area contributed by atoms with Crippen LogP contribution in [-0.4, -0.2) is 31.3 Å². The first-order valence-electron chi connectivity index (χ1n) is 4.06. The summed E-state index contributed by atoms with van der Waals surface area (Å²) in [5.74, 6) is 0.560. The molecule has 0 aliphatic rings. The Morgan fingerprint density at radius 3 is 2.54 bits per heavy atom. The Kier molecular flexibility index (Phi) is 2.36. The number of rotatable bonds is 1. The number of hydrogen-bond acceptors (Lipinski definition) is 3. The van der Waals surface area contributed by atoms with E-state index in [4.69, 9.17) is 0 Å². The van der Waals surface area contributed by atoms with Gasteiger partial charge in [-0.2, -0.15) is 0 Å². The van der Waals surface area contributed by atoms with Gasteiger partial charge in [-0.15, -0.1) is 10.2 Å². The fourth-order valence-corrected chi connectivity index (χ4v) is 0.708. The monoisotopic (exact) mass is 182 g/mol. The molecule has 0 fully saturated rings. The van der Waals surface area contributed by atoms with Crippen LogP contribution in [0.5, 0.6) is 0 Å². The van der Waals surface area contributed by atoms with Crippen molar-refractivity contribution in [2.75, 3.05) is 0 Å². The van der Waals surface area contributed by atoms with E-state index in [0.29, 0.717) is 5.82 Å². The van der Waals surface area contributed by atoms with E-state index in [9.17, 15) is 5.21 Å². The molecule has 0 aliphatic heterocycles. The first-order valence-corrected chi connectivity index (χ1v) is 4.06. The molecule has 13 heavy (non-hydrogen) atoms. The summed E-state index contributed by atoms with van der Waals surface area (Å²) >= 11 is 0. The number of aromatic nitrogens is 3. The summed E-state index contributed by atoms with van der Waals surface area (Å²) in [6.45, 7) is 5.52. The second-order valence-electron chi connectivity index (χ2n) is 3.93. The van der Waals surface area contributed by atoms with Gasteiger partial charge in [-0.1, -0.05) is 0 Å². The predicted molar refractivity (Wildman–Crippen MR) is 49.5 cm³/mol. The summed E-state index contributed by atoms with van der Waals surface area (Å²) in [7, 11) is 1.79. The molecule has 0 radical (unpaired) electrons. The van der Waals surface area contributed by atoms with Crippen molar-refractivity contribution < 1.29 is 4.74 Å². The van der Waals surface area contributed by atoms with E-state index in [0.717, 1.165) is 4.74 Å². The SMILES string of the molecule is Cn1cnnc1/C=[N+](\[O-])C(C)(C)C. The number of nitrogens with zero attached hydrogens (tertiary/aromatic N) is 4. The highest BCUT2D eigenvalue weighted by Gasteiger charge is 2.18. The molecule has 0 saturated heterocycles. The van der Waals surface area contributed by atoms with Gasteiger partial charge in [-0.05, 0) is 0 Å². The average Bonchev–Trinajstić information content (AvgIpc) is 2.34. The topological polar surface area (TPSA) is 56.8 Å². The van der Waals surface area contributed by atoms with E-state index in [1.807, 2.05) is 20.8 Å². The maximum Gasteiger partial charge on any atom is 0.221 e. The zero-order valence-corrected chi connectivity index (χ0v) is 8.35. The quantitative estimate of drug-likeness (QED) is 0.276. The van der Waals surface area contributed by atoms with Crippen molar-refractivity contribution in [1.82, 2.24) is 14.8 Å². The Bertz CT molecular complexity index is 321. The van der Waals surface area contributed by atoms with Crippen molar-refractivity contribution >= 4 is 6.21 Å². The van der Waals surface area contributed by atoms with Gasteiger partial charge in [0.2, 0.25) is 12.0 Å². The Labute approximate surface area is 77.3 Å². The summed E-state index contributed by atoms with van der Waals surface area (Å²) in [6.07, 6.45) is 3.00. The van der Waals surface area contributed by atoms with Crippen LogP contribution in [0.25, 0.3) is 0 Å². The fraction of sp³-hybridized carbons (Fsp3) is 0.625. The molecule has 0 atom stereocenters. The highest BCUT2D eigenvalue weighted by Crippen LogP contribution is 2.04. The molecule has 0 saturated carbocycles. The molecule has 72 valence electrons. The molecule has 0 amide bonds. The fourth-order valence-electron chi connectivity index (χ4n) is 0.708.